The highest BCUT2D eigenvalue weighted by Crippen LogP contribution is 2.23. The molecule has 0 radical (unpaired) electrons. The van der Waals surface area contributed by atoms with Crippen LogP contribution in [-0.2, 0) is 5.60 Å². The van der Waals surface area contributed by atoms with Crippen LogP contribution >= 0.6 is 11.8 Å². The van der Waals surface area contributed by atoms with Gasteiger partial charge in [-0.2, -0.15) is 0 Å². The SMILES string of the molecule is CSc1nc(C(=O)NCC(C)(O)c2ccc(C)o2)c2ccccn12. The molecular formula is C17H19N3O3S. The summed E-state index contributed by atoms with van der Waals surface area (Å²) in [6.07, 6.45) is 3.78. The van der Waals surface area contributed by atoms with Gasteiger partial charge in [0.05, 0.1) is 12.1 Å². The molecule has 3 aromatic heterocycles. The molecule has 6 nitrogen and oxygen atoms in total. The van der Waals surface area contributed by atoms with Gasteiger partial charge in [0.1, 0.15) is 17.1 Å². The lowest BCUT2D eigenvalue weighted by atomic mass is 10.0. The number of hydrogen-bond acceptors (Lipinski definition) is 5. The van der Waals surface area contributed by atoms with Crippen LogP contribution in [0.15, 0.2) is 46.1 Å². The topological polar surface area (TPSA) is 79.8 Å². The molecule has 126 valence electrons. The molecule has 7 heteroatoms. The van der Waals surface area contributed by atoms with Crippen LogP contribution in [-0.4, -0.2) is 33.2 Å². The number of nitrogens with one attached hydrogen (secondary N) is 1. The maximum Gasteiger partial charge on any atom is 0.272 e. The second-order valence-corrected chi connectivity index (χ2v) is 6.54. The first-order valence-corrected chi connectivity index (χ1v) is 8.73. The number of furan rings is 1. The number of rotatable bonds is 5. The van der Waals surface area contributed by atoms with Crippen molar-refractivity contribution in [2.75, 3.05) is 12.8 Å². The van der Waals surface area contributed by atoms with Gasteiger partial charge >= 0.3 is 0 Å². The van der Waals surface area contributed by atoms with Crippen LogP contribution in [0.3, 0.4) is 0 Å². The number of carbonyl (C=O) groups is 1. The molecule has 0 saturated heterocycles. The van der Waals surface area contributed by atoms with Crippen LogP contribution in [0, 0.1) is 6.92 Å². The van der Waals surface area contributed by atoms with E-state index in [0.29, 0.717) is 17.2 Å². The molecule has 2 N–H and O–H groups in total. The van der Waals surface area contributed by atoms with Crippen LogP contribution in [0.25, 0.3) is 5.52 Å². The molecule has 0 aliphatic heterocycles. The average molecular weight is 345 g/mol. The van der Waals surface area contributed by atoms with Gasteiger partial charge in [0.2, 0.25) is 0 Å². The van der Waals surface area contributed by atoms with E-state index < -0.39 is 5.60 Å². The number of aliphatic hydroxyl groups is 1. The van der Waals surface area contributed by atoms with Gasteiger partial charge in [0.25, 0.3) is 5.91 Å². The number of thioether (sulfide) groups is 1. The Kier molecular flexibility index (Phi) is 4.38. The molecule has 0 aliphatic rings. The highest BCUT2D eigenvalue weighted by Gasteiger charge is 2.28. The molecular weight excluding hydrogens is 326 g/mol. The number of aryl methyl sites for hydroxylation is 1. The smallest absolute Gasteiger partial charge is 0.272 e. The Bertz CT molecular complexity index is 882. The maximum absolute atomic E-state index is 12.5. The minimum absolute atomic E-state index is 0.0270. The minimum atomic E-state index is -1.29. The fraction of sp³-hybridized carbons (Fsp3) is 0.294. The van der Waals surface area contributed by atoms with E-state index in [4.69, 9.17) is 4.42 Å². The third kappa shape index (κ3) is 3.05. The zero-order chi connectivity index (χ0) is 17.3. The number of imidazole rings is 1. The van der Waals surface area contributed by atoms with E-state index in [2.05, 4.69) is 10.3 Å². The van der Waals surface area contributed by atoms with Crippen molar-refractivity contribution in [3.63, 3.8) is 0 Å². The number of nitrogens with zero attached hydrogens (tertiary/aromatic N) is 2. The molecule has 0 bridgehead atoms. The molecule has 0 spiro atoms. The summed E-state index contributed by atoms with van der Waals surface area (Å²) in [7, 11) is 0. The molecule has 0 aliphatic carbocycles. The van der Waals surface area contributed by atoms with Gasteiger partial charge in [-0.05, 0) is 44.4 Å². The molecule has 1 amide bonds. The Hall–Kier alpha value is -2.25. The van der Waals surface area contributed by atoms with E-state index in [1.807, 2.05) is 35.1 Å². The van der Waals surface area contributed by atoms with Crippen molar-refractivity contribution in [3.8, 4) is 0 Å². The summed E-state index contributed by atoms with van der Waals surface area (Å²) in [4.78, 5) is 16.9. The summed E-state index contributed by atoms with van der Waals surface area (Å²) in [5.41, 5.74) is -0.221. The van der Waals surface area contributed by atoms with Crippen molar-refractivity contribution in [2.45, 2.75) is 24.6 Å². The van der Waals surface area contributed by atoms with E-state index >= 15 is 0 Å². The van der Waals surface area contributed by atoms with E-state index in [0.717, 1.165) is 10.7 Å². The Labute approximate surface area is 143 Å². The van der Waals surface area contributed by atoms with Gasteiger partial charge in [0.15, 0.2) is 10.9 Å². The highest BCUT2D eigenvalue weighted by molar-refractivity contribution is 7.98. The van der Waals surface area contributed by atoms with Crippen LogP contribution < -0.4 is 5.32 Å². The van der Waals surface area contributed by atoms with Gasteiger partial charge < -0.3 is 14.8 Å². The number of fused-ring (bicyclic) bond motifs is 1. The van der Waals surface area contributed by atoms with Crippen molar-refractivity contribution < 1.29 is 14.3 Å². The van der Waals surface area contributed by atoms with E-state index in [9.17, 15) is 9.90 Å². The lowest BCUT2D eigenvalue weighted by Gasteiger charge is -2.21. The molecule has 3 rings (SSSR count). The van der Waals surface area contributed by atoms with Crippen LogP contribution in [0.4, 0.5) is 0 Å². The molecule has 3 aromatic rings. The number of amides is 1. The van der Waals surface area contributed by atoms with Gasteiger partial charge in [-0.25, -0.2) is 4.98 Å². The third-order valence-electron chi connectivity index (χ3n) is 3.78. The van der Waals surface area contributed by atoms with Crippen LogP contribution in [0.2, 0.25) is 0 Å². The van der Waals surface area contributed by atoms with Crippen LogP contribution in [0.5, 0.6) is 0 Å². The molecule has 0 aromatic carbocycles. The predicted molar refractivity (Wildman–Crippen MR) is 92.3 cm³/mol. The van der Waals surface area contributed by atoms with Crippen molar-refractivity contribution in [1.82, 2.24) is 14.7 Å². The number of pyridine rings is 1. The molecule has 0 saturated carbocycles. The first kappa shape index (κ1) is 16.6. The van der Waals surface area contributed by atoms with Crippen molar-refractivity contribution >= 4 is 23.2 Å². The van der Waals surface area contributed by atoms with E-state index in [1.165, 1.54) is 11.8 Å². The zero-order valence-electron chi connectivity index (χ0n) is 13.7. The van der Waals surface area contributed by atoms with E-state index in [-0.39, 0.29) is 12.5 Å². The maximum atomic E-state index is 12.5. The second-order valence-electron chi connectivity index (χ2n) is 5.77. The van der Waals surface area contributed by atoms with Crippen molar-refractivity contribution in [1.29, 1.82) is 0 Å². The average Bonchev–Trinajstić information content (AvgIpc) is 3.17. The van der Waals surface area contributed by atoms with Gasteiger partial charge in [-0.1, -0.05) is 17.8 Å². The van der Waals surface area contributed by atoms with Crippen LogP contribution in [0.1, 0.15) is 28.9 Å². The monoisotopic (exact) mass is 345 g/mol. The van der Waals surface area contributed by atoms with Crippen molar-refractivity contribution in [2.24, 2.45) is 0 Å². The van der Waals surface area contributed by atoms with E-state index in [1.54, 1.807) is 26.0 Å². The van der Waals surface area contributed by atoms with Gasteiger partial charge in [0, 0.05) is 6.20 Å². The second kappa shape index (κ2) is 6.33. The fourth-order valence-corrected chi connectivity index (χ4v) is 3.01. The highest BCUT2D eigenvalue weighted by atomic mass is 32.2. The molecule has 1 unspecified atom stereocenters. The molecule has 1 atom stereocenters. The first-order valence-electron chi connectivity index (χ1n) is 7.51. The number of hydrogen-bond donors (Lipinski definition) is 2. The normalized spacial score (nSPS) is 13.8. The number of carbonyl (C=O) groups excluding carboxylic acids is 1. The third-order valence-corrected chi connectivity index (χ3v) is 4.43. The zero-order valence-corrected chi connectivity index (χ0v) is 14.6. The van der Waals surface area contributed by atoms with Gasteiger partial charge in [-0.3, -0.25) is 9.20 Å². The fourth-order valence-electron chi connectivity index (χ4n) is 2.47. The largest absolute Gasteiger partial charge is 0.463 e. The summed E-state index contributed by atoms with van der Waals surface area (Å²) < 4.78 is 7.32. The Balaban J connectivity index is 1.81. The first-order chi connectivity index (χ1) is 11.4. The predicted octanol–water partition coefficient (Wildman–Crippen LogP) is 2.60. The quantitative estimate of drug-likeness (QED) is 0.695. The standard InChI is InChI=1S/C17H19N3O3S/c1-11-7-8-13(23-11)17(2,22)10-18-15(21)14-12-6-4-5-9-20(12)16(19-14)24-3/h4-9,22H,10H2,1-3H3,(H,18,21). The Morgan fingerprint density at radius 3 is 2.88 bits per heavy atom. The summed E-state index contributed by atoms with van der Waals surface area (Å²) in [5.74, 6) is 0.795. The summed E-state index contributed by atoms with van der Waals surface area (Å²) in [5, 5.41) is 14.0. The lowest BCUT2D eigenvalue weighted by Crippen LogP contribution is -2.38. The van der Waals surface area contributed by atoms with Gasteiger partial charge in [-0.15, -0.1) is 0 Å². The Morgan fingerprint density at radius 1 is 1.42 bits per heavy atom. The molecule has 24 heavy (non-hydrogen) atoms. The molecule has 3 heterocycles. The summed E-state index contributed by atoms with van der Waals surface area (Å²) in [6.45, 7) is 3.43. The summed E-state index contributed by atoms with van der Waals surface area (Å²) >= 11 is 1.47. The Morgan fingerprint density at radius 2 is 2.21 bits per heavy atom. The molecule has 0 fully saturated rings. The lowest BCUT2D eigenvalue weighted by molar-refractivity contribution is 0.0323. The van der Waals surface area contributed by atoms with Crippen molar-refractivity contribution in [3.05, 3.63) is 53.7 Å². The minimum Gasteiger partial charge on any atom is -0.463 e. The summed E-state index contributed by atoms with van der Waals surface area (Å²) in [6, 6.07) is 9.08. The number of aromatic nitrogens is 2.